The summed E-state index contributed by atoms with van der Waals surface area (Å²) in [6, 6.07) is 11.8. The number of carbonyl (C=O) groups excluding carboxylic acids is 1. The number of nitrogens with zero attached hydrogens (tertiary/aromatic N) is 4. The fourth-order valence-corrected chi connectivity index (χ4v) is 3.45. The second kappa shape index (κ2) is 8.81. The van der Waals surface area contributed by atoms with E-state index in [-0.39, 0.29) is 11.7 Å². The van der Waals surface area contributed by atoms with Gasteiger partial charge in [0.15, 0.2) is 11.0 Å². The van der Waals surface area contributed by atoms with Crippen LogP contribution in [0.5, 0.6) is 0 Å². The van der Waals surface area contributed by atoms with Crippen LogP contribution in [0.4, 0.5) is 5.69 Å². The van der Waals surface area contributed by atoms with Gasteiger partial charge in [0.25, 0.3) is 0 Å². The van der Waals surface area contributed by atoms with Gasteiger partial charge < -0.3 is 9.88 Å². The third kappa shape index (κ3) is 4.74. The van der Waals surface area contributed by atoms with Crippen LogP contribution in [0.3, 0.4) is 0 Å². The van der Waals surface area contributed by atoms with Gasteiger partial charge >= 0.3 is 0 Å². The largest absolute Gasteiger partial charge is 0.325 e. The smallest absolute Gasteiger partial charge is 0.234 e. The molecule has 0 atom stereocenters. The van der Waals surface area contributed by atoms with E-state index in [1.54, 1.807) is 6.20 Å². The molecule has 7 heteroatoms. The minimum absolute atomic E-state index is 0.0616. The third-order valence-corrected chi connectivity index (χ3v) is 5.15. The lowest BCUT2D eigenvalue weighted by Crippen LogP contribution is -2.14. The molecule has 1 aromatic carbocycles. The molecule has 0 spiro atoms. The fraction of sp³-hybridized carbons (Fsp3) is 0.300. The molecule has 140 valence electrons. The second-order valence-corrected chi connectivity index (χ2v) is 7.07. The van der Waals surface area contributed by atoms with Crippen LogP contribution in [-0.2, 0) is 17.8 Å². The van der Waals surface area contributed by atoms with Gasteiger partial charge in [0, 0.05) is 29.7 Å². The van der Waals surface area contributed by atoms with Crippen LogP contribution in [0.25, 0.3) is 11.4 Å². The number of anilines is 1. The zero-order chi connectivity index (χ0) is 19.2. The molecule has 27 heavy (non-hydrogen) atoms. The van der Waals surface area contributed by atoms with Gasteiger partial charge in [-0.25, -0.2) is 0 Å². The van der Waals surface area contributed by atoms with Gasteiger partial charge in [-0.15, -0.1) is 10.2 Å². The molecular formula is C20H23N5OS. The summed E-state index contributed by atoms with van der Waals surface area (Å²) in [5.41, 5.74) is 3.93. The van der Waals surface area contributed by atoms with E-state index in [1.807, 2.05) is 54.8 Å². The average Bonchev–Trinajstić information content (AvgIpc) is 3.10. The SMILES string of the molecule is CCc1ccc(NC(=O)CSc2nnc(-c3ccc(C)nc3)n2CC)cc1. The van der Waals surface area contributed by atoms with Gasteiger partial charge in [-0.2, -0.15) is 0 Å². The summed E-state index contributed by atoms with van der Waals surface area (Å²) in [7, 11) is 0. The van der Waals surface area contributed by atoms with Crippen LogP contribution < -0.4 is 5.32 Å². The van der Waals surface area contributed by atoms with Crippen LogP contribution >= 0.6 is 11.8 Å². The number of benzene rings is 1. The predicted octanol–water partition coefficient (Wildman–Crippen LogP) is 3.96. The predicted molar refractivity (Wildman–Crippen MR) is 109 cm³/mol. The Balaban J connectivity index is 1.65. The van der Waals surface area contributed by atoms with Gasteiger partial charge in [0.05, 0.1) is 5.75 Å². The number of aryl methyl sites for hydroxylation is 2. The quantitative estimate of drug-likeness (QED) is 0.627. The summed E-state index contributed by atoms with van der Waals surface area (Å²) in [5.74, 6) is 0.983. The van der Waals surface area contributed by atoms with E-state index < -0.39 is 0 Å². The zero-order valence-corrected chi connectivity index (χ0v) is 16.6. The Hall–Kier alpha value is -2.67. The minimum atomic E-state index is -0.0616. The number of rotatable bonds is 7. The highest BCUT2D eigenvalue weighted by Crippen LogP contribution is 2.24. The lowest BCUT2D eigenvalue weighted by atomic mass is 10.1. The topological polar surface area (TPSA) is 72.7 Å². The van der Waals surface area contributed by atoms with E-state index in [4.69, 9.17) is 0 Å². The summed E-state index contributed by atoms with van der Waals surface area (Å²) < 4.78 is 2.00. The normalized spacial score (nSPS) is 10.8. The van der Waals surface area contributed by atoms with Crippen molar-refractivity contribution in [2.75, 3.05) is 11.1 Å². The Morgan fingerprint density at radius 3 is 2.52 bits per heavy atom. The van der Waals surface area contributed by atoms with E-state index in [0.29, 0.717) is 0 Å². The monoisotopic (exact) mass is 381 g/mol. The molecule has 0 fully saturated rings. The van der Waals surface area contributed by atoms with Crippen molar-refractivity contribution in [3.8, 4) is 11.4 Å². The highest BCUT2D eigenvalue weighted by atomic mass is 32.2. The third-order valence-electron chi connectivity index (χ3n) is 4.18. The molecule has 2 aromatic heterocycles. The van der Waals surface area contributed by atoms with E-state index in [1.165, 1.54) is 17.3 Å². The lowest BCUT2D eigenvalue weighted by Gasteiger charge is -2.08. The molecule has 0 saturated carbocycles. The van der Waals surface area contributed by atoms with Crippen molar-refractivity contribution in [3.05, 3.63) is 53.9 Å². The first-order valence-electron chi connectivity index (χ1n) is 8.98. The van der Waals surface area contributed by atoms with Gasteiger partial charge in [-0.05, 0) is 50.1 Å². The number of carbonyl (C=O) groups is 1. The molecule has 3 rings (SSSR count). The van der Waals surface area contributed by atoms with E-state index in [0.717, 1.165) is 40.9 Å². The van der Waals surface area contributed by atoms with E-state index in [9.17, 15) is 4.79 Å². The first-order valence-corrected chi connectivity index (χ1v) is 9.97. The van der Waals surface area contributed by atoms with Crippen molar-refractivity contribution in [1.82, 2.24) is 19.7 Å². The van der Waals surface area contributed by atoms with Gasteiger partial charge in [-0.3, -0.25) is 9.78 Å². The van der Waals surface area contributed by atoms with E-state index in [2.05, 4.69) is 27.4 Å². The number of nitrogens with one attached hydrogen (secondary N) is 1. The van der Waals surface area contributed by atoms with Crippen LogP contribution in [0.1, 0.15) is 25.1 Å². The van der Waals surface area contributed by atoms with Crippen molar-refractivity contribution >= 4 is 23.4 Å². The molecule has 0 aliphatic carbocycles. The number of pyridine rings is 1. The number of aromatic nitrogens is 4. The zero-order valence-electron chi connectivity index (χ0n) is 15.8. The Labute approximate surface area is 163 Å². The molecule has 0 aliphatic rings. The second-order valence-electron chi connectivity index (χ2n) is 6.13. The number of amides is 1. The average molecular weight is 382 g/mol. The lowest BCUT2D eigenvalue weighted by molar-refractivity contribution is -0.113. The maximum absolute atomic E-state index is 12.3. The summed E-state index contributed by atoms with van der Waals surface area (Å²) in [5, 5.41) is 12.2. The van der Waals surface area contributed by atoms with Crippen molar-refractivity contribution in [1.29, 1.82) is 0 Å². The molecular weight excluding hydrogens is 358 g/mol. The van der Waals surface area contributed by atoms with Crippen molar-refractivity contribution in [2.45, 2.75) is 38.9 Å². The molecule has 0 saturated heterocycles. The molecule has 2 heterocycles. The molecule has 0 unspecified atom stereocenters. The molecule has 0 aliphatic heterocycles. The van der Waals surface area contributed by atoms with Crippen LogP contribution in [0, 0.1) is 6.92 Å². The number of thioether (sulfide) groups is 1. The maximum atomic E-state index is 12.3. The fourth-order valence-electron chi connectivity index (χ4n) is 2.65. The molecule has 3 aromatic rings. The summed E-state index contributed by atoms with van der Waals surface area (Å²) in [6.45, 7) is 6.81. The van der Waals surface area contributed by atoms with Crippen molar-refractivity contribution in [3.63, 3.8) is 0 Å². The Bertz CT molecular complexity index is 903. The highest BCUT2D eigenvalue weighted by molar-refractivity contribution is 7.99. The molecule has 1 amide bonds. The summed E-state index contributed by atoms with van der Waals surface area (Å²) in [4.78, 5) is 16.6. The number of hydrogen-bond donors (Lipinski definition) is 1. The molecule has 1 N–H and O–H groups in total. The van der Waals surface area contributed by atoms with Crippen LogP contribution in [0.2, 0.25) is 0 Å². The first kappa shape index (κ1) is 19.1. The Kier molecular flexibility index (Phi) is 6.24. The standard InChI is InChI=1S/C20H23N5OS/c1-4-15-7-10-17(11-8-15)22-18(26)13-27-20-24-23-19(25(20)5-2)16-9-6-14(3)21-12-16/h6-12H,4-5,13H2,1-3H3,(H,22,26). The molecule has 6 nitrogen and oxygen atoms in total. The first-order chi connectivity index (χ1) is 13.1. The van der Waals surface area contributed by atoms with Crippen molar-refractivity contribution in [2.24, 2.45) is 0 Å². The highest BCUT2D eigenvalue weighted by Gasteiger charge is 2.15. The van der Waals surface area contributed by atoms with Crippen molar-refractivity contribution < 1.29 is 4.79 Å². The Morgan fingerprint density at radius 2 is 1.89 bits per heavy atom. The van der Waals surface area contributed by atoms with Crippen LogP contribution in [0.15, 0.2) is 47.8 Å². The van der Waals surface area contributed by atoms with Gasteiger partial charge in [0.2, 0.25) is 5.91 Å². The number of hydrogen-bond acceptors (Lipinski definition) is 5. The molecule has 0 radical (unpaired) electrons. The van der Waals surface area contributed by atoms with Crippen LogP contribution in [-0.4, -0.2) is 31.4 Å². The minimum Gasteiger partial charge on any atom is -0.325 e. The van der Waals surface area contributed by atoms with Gasteiger partial charge in [0.1, 0.15) is 0 Å². The summed E-state index contributed by atoms with van der Waals surface area (Å²) in [6.07, 6.45) is 2.78. The maximum Gasteiger partial charge on any atom is 0.234 e. The Morgan fingerprint density at radius 1 is 1.11 bits per heavy atom. The molecule has 0 bridgehead atoms. The van der Waals surface area contributed by atoms with Gasteiger partial charge in [-0.1, -0.05) is 30.8 Å². The summed E-state index contributed by atoms with van der Waals surface area (Å²) >= 11 is 1.38. The van der Waals surface area contributed by atoms with E-state index >= 15 is 0 Å².